The number of allylic oxidation sites excluding steroid dienone is 1. The Morgan fingerprint density at radius 1 is 0.969 bits per heavy atom. The molecule has 3 nitrogen and oxygen atoms in total. The third-order valence-electron chi connectivity index (χ3n) is 6.09. The number of amides is 1. The molecule has 0 saturated carbocycles. The van der Waals surface area contributed by atoms with Gasteiger partial charge in [0.15, 0.2) is 5.78 Å². The van der Waals surface area contributed by atoms with Crippen molar-refractivity contribution < 1.29 is 14.0 Å². The second kappa shape index (κ2) is 8.19. The topological polar surface area (TPSA) is 46.2 Å². The number of Topliss-reactive ketones (excluding diaryl/α,β-unsaturated/α-hetero) is 1. The standard InChI is InChI=1S/C28H26FNO2/c1-17-5-7-19(8-6-17)23-13-14-28(3,4)25-12-9-20(15-24(23)25)27(32)30-21-10-11-22(18(2)31)26(29)16-21/h5-13,15-16H,14H2,1-4H3,(H,30,32). The van der Waals surface area contributed by atoms with Crippen LogP contribution in [0.2, 0.25) is 0 Å². The van der Waals surface area contributed by atoms with Crippen LogP contribution in [0.5, 0.6) is 0 Å². The van der Waals surface area contributed by atoms with Crippen LogP contribution in [0.15, 0.2) is 66.7 Å². The van der Waals surface area contributed by atoms with E-state index < -0.39 is 5.82 Å². The fraction of sp³-hybridized carbons (Fsp3) is 0.214. The molecule has 0 fully saturated rings. The summed E-state index contributed by atoms with van der Waals surface area (Å²) in [5, 5.41) is 2.75. The molecule has 4 rings (SSSR count). The first-order valence-electron chi connectivity index (χ1n) is 10.7. The lowest BCUT2D eigenvalue weighted by molar-refractivity contribution is 0.101. The molecule has 162 valence electrons. The Morgan fingerprint density at radius 2 is 1.69 bits per heavy atom. The molecule has 0 atom stereocenters. The molecule has 0 unspecified atom stereocenters. The van der Waals surface area contributed by atoms with Crippen LogP contribution >= 0.6 is 0 Å². The zero-order valence-corrected chi connectivity index (χ0v) is 18.8. The van der Waals surface area contributed by atoms with Crippen LogP contribution in [0.25, 0.3) is 5.57 Å². The number of fused-ring (bicyclic) bond motifs is 1. The zero-order chi connectivity index (χ0) is 23.0. The molecule has 0 radical (unpaired) electrons. The van der Waals surface area contributed by atoms with Gasteiger partial charge in [0, 0.05) is 11.3 Å². The van der Waals surface area contributed by atoms with Crippen molar-refractivity contribution in [3.05, 3.63) is 106 Å². The van der Waals surface area contributed by atoms with Crippen LogP contribution in [-0.4, -0.2) is 11.7 Å². The lowest BCUT2D eigenvalue weighted by Gasteiger charge is -2.32. The number of hydrogen-bond donors (Lipinski definition) is 1. The number of anilines is 1. The van der Waals surface area contributed by atoms with E-state index in [1.54, 1.807) is 0 Å². The smallest absolute Gasteiger partial charge is 0.255 e. The number of nitrogens with one attached hydrogen (secondary N) is 1. The number of benzene rings is 3. The normalized spacial score (nSPS) is 14.3. The van der Waals surface area contributed by atoms with E-state index in [4.69, 9.17) is 0 Å². The fourth-order valence-corrected chi connectivity index (χ4v) is 4.16. The number of halogens is 1. The monoisotopic (exact) mass is 427 g/mol. The minimum absolute atomic E-state index is 0.00638. The first-order chi connectivity index (χ1) is 15.2. The van der Waals surface area contributed by atoms with Crippen molar-refractivity contribution in [2.45, 2.75) is 39.5 Å². The van der Waals surface area contributed by atoms with Crippen molar-refractivity contribution >= 4 is 23.0 Å². The molecule has 1 aliphatic carbocycles. The summed E-state index contributed by atoms with van der Waals surface area (Å²) in [6.45, 7) is 7.77. The molecular weight excluding hydrogens is 401 g/mol. The van der Waals surface area contributed by atoms with Crippen molar-refractivity contribution in [2.75, 3.05) is 5.32 Å². The summed E-state index contributed by atoms with van der Waals surface area (Å²) < 4.78 is 14.2. The van der Waals surface area contributed by atoms with Crippen LogP contribution in [0, 0.1) is 12.7 Å². The quantitative estimate of drug-likeness (QED) is 0.471. The van der Waals surface area contributed by atoms with E-state index in [1.807, 2.05) is 18.2 Å². The highest BCUT2D eigenvalue weighted by Crippen LogP contribution is 2.41. The SMILES string of the molecule is CC(=O)c1ccc(NC(=O)c2ccc3c(c2)C(c2ccc(C)cc2)=CCC3(C)C)cc1F. The maximum Gasteiger partial charge on any atom is 0.255 e. The maximum atomic E-state index is 14.2. The Kier molecular flexibility index (Phi) is 5.55. The lowest BCUT2D eigenvalue weighted by atomic mass is 9.72. The van der Waals surface area contributed by atoms with Crippen molar-refractivity contribution in [1.82, 2.24) is 0 Å². The van der Waals surface area contributed by atoms with Gasteiger partial charge in [-0.05, 0) is 78.3 Å². The van der Waals surface area contributed by atoms with Gasteiger partial charge in [0.1, 0.15) is 5.82 Å². The van der Waals surface area contributed by atoms with Crippen LogP contribution in [-0.2, 0) is 5.41 Å². The summed E-state index contributed by atoms with van der Waals surface area (Å²) in [6, 6.07) is 18.2. The molecule has 1 N–H and O–H groups in total. The average molecular weight is 428 g/mol. The van der Waals surface area contributed by atoms with Crippen LogP contribution in [0.4, 0.5) is 10.1 Å². The Bertz CT molecular complexity index is 1250. The molecule has 4 heteroatoms. The molecule has 3 aromatic rings. The number of ketones is 1. The number of carbonyl (C=O) groups is 2. The third kappa shape index (κ3) is 4.13. The van der Waals surface area contributed by atoms with Crippen LogP contribution < -0.4 is 5.32 Å². The van der Waals surface area contributed by atoms with Gasteiger partial charge in [0.25, 0.3) is 5.91 Å². The minimum atomic E-state index is -0.646. The van der Waals surface area contributed by atoms with Crippen LogP contribution in [0.1, 0.15) is 70.2 Å². The van der Waals surface area contributed by atoms with E-state index in [9.17, 15) is 14.0 Å². The van der Waals surface area contributed by atoms with Gasteiger partial charge < -0.3 is 5.32 Å². The Morgan fingerprint density at radius 3 is 2.34 bits per heavy atom. The van der Waals surface area contributed by atoms with E-state index in [1.165, 1.54) is 36.2 Å². The van der Waals surface area contributed by atoms with Gasteiger partial charge in [-0.3, -0.25) is 9.59 Å². The van der Waals surface area contributed by atoms with E-state index >= 15 is 0 Å². The van der Waals surface area contributed by atoms with E-state index in [0.29, 0.717) is 11.3 Å². The Balaban J connectivity index is 1.69. The van der Waals surface area contributed by atoms with Crippen molar-refractivity contribution in [3.63, 3.8) is 0 Å². The van der Waals surface area contributed by atoms with Gasteiger partial charge in [-0.1, -0.05) is 55.8 Å². The molecule has 1 amide bonds. The summed E-state index contributed by atoms with van der Waals surface area (Å²) in [4.78, 5) is 24.4. The molecule has 0 heterocycles. The number of hydrogen-bond acceptors (Lipinski definition) is 2. The van der Waals surface area contributed by atoms with E-state index in [0.717, 1.165) is 23.1 Å². The van der Waals surface area contributed by atoms with Crippen LogP contribution in [0.3, 0.4) is 0 Å². The molecule has 0 bridgehead atoms. The molecule has 0 saturated heterocycles. The van der Waals surface area contributed by atoms with Gasteiger partial charge in [-0.25, -0.2) is 4.39 Å². The highest BCUT2D eigenvalue weighted by atomic mass is 19.1. The summed E-state index contributed by atoms with van der Waals surface area (Å²) in [5.74, 6) is -1.32. The van der Waals surface area contributed by atoms with Crippen molar-refractivity contribution in [3.8, 4) is 0 Å². The Hall–Kier alpha value is -3.53. The first kappa shape index (κ1) is 21.7. The second-order valence-electron chi connectivity index (χ2n) is 9.04. The minimum Gasteiger partial charge on any atom is -0.322 e. The second-order valence-corrected chi connectivity index (χ2v) is 9.04. The maximum absolute atomic E-state index is 14.2. The first-order valence-corrected chi connectivity index (χ1v) is 10.7. The number of carbonyl (C=O) groups excluding carboxylic acids is 2. The summed E-state index contributed by atoms with van der Waals surface area (Å²) in [7, 11) is 0. The highest BCUT2D eigenvalue weighted by molar-refractivity contribution is 6.05. The third-order valence-corrected chi connectivity index (χ3v) is 6.09. The van der Waals surface area contributed by atoms with Crippen molar-refractivity contribution in [1.29, 1.82) is 0 Å². The predicted molar refractivity (Wildman–Crippen MR) is 127 cm³/mol. The Labute approximate surface area is 188 Å². The van der Waals surface area contributed by atoms with Gasteiger partial charge in [-0.15, -0.1) is 0 Å². The molecule has 0 aliphatic heterocycles. The van der Waals surface area contributed by atoms with E-state index in [-0.39, 0.29) is 22.7 Å². The molecule has 32 heavy (non-hydrogen) atoms. The van der Waals surface area contributed by atoms with Crippen molar-refractivity contribution in [2.24, 2.45) is 0 Å². The number of rotatable bonds is 4. The fourth-order valence-electron chi connectivity index (χ4n) is 4.16. The highest BCUT2D eigenvalue weighted by Gasteiger charge is 2.29. The molecule has 0 spiro atoms. The van der Waals surface area contributed by atoms with Gasteiger partial charge in [0.2, 0.25) is 0 Å². The summed E-state index contributed by atoms with van der Waals surface area (Å²) in [6.07, 6.45) is 3.15. The molecule has 3 aromatic carbocycles. The van der Waals surface area contributed by atoms with E-state index in [2.05, 4.69) is 56.4 Å². The summed E-state index contributed by atoms with van der Waals surface area (Å²) >= 11 is 0. The zero-order valence-electron chi connectivity index (χ0n) is 18.8. The van der Waals surface area contributed by atoms with Gasteiger partial charge in [0.05, 0.1) is 5.56 Å². The predicted octanol–water partition coefficient (Wildman–Crippen LogP) is 6.70. The molecule has 1 aliphatic rings. The number of aryl methyl sites for hydroxylation is 1. The molecule has 0 aromatic heterocycles. The van der Waals surface area contributed by atoms with Gasteiger partial charge in [-0.2, -0.15) is 0 Å². The summed E-state index contributed by atoms with van der Waals surface area (Å²) in [5.41, 5.74) is 6.44. The largest absolute Gasteiger partial charge is 0.322 e. The lowest BCUT2D eigenvalue weighted by Crippen LogP contribution is -2.23. The van der Waals surface area contributed by atoms with Gasteiger partial charge >= 0.3 is 0 Å². The average Bonchev–Trinajstić information content (AvgIpc) is 2.74. The molecular formula is C28H26FNO2.